The standard InChI is InChI=1S/C13H15BrN2/c1-10-2-3-12(8-13(10)14)16-7-5-11(9-16)4-6-15/h2-3,5,7-9H,4,6,15H2,1H3. The van der Waals surface area contributed by atoms with Crippen molar-refractivity contribution in [3.8, 4) is 5.69 Å². The first-order valence-corrected chi connectivity index (χ1v) is 6.13. The second kappa shape index (κ2) is 4.85. The SMILES string of the molecule is Cc1ccc(-n2ccc(CCN)c2)cc1Br. The van der Waals surface area contributed by atoms with Gasteiger partial charge >= 0.3 is 0 Å². The summed E-state index contributed by atoms with van der Waals surface area (Å²) in [6.07, 6.45) is 5.13. The Hall–Kier alpha value is -1.06. The highest BCUT2D eigenvalue weighted by Gasteiger charge is 2.01. The molecular weight excluding hydrogens is 264 g/mol. The van der Waals surface area contributed by atoms with Crippen molar-refractivity contribution in [2.45, 2.75) is 13.3 Å². The van der Waals surface area contributed by atoms with Crippen molar-refractivity contribution < 1.29 is 0 Å². The number of nitrogens with zero attached hydrogens (tertiary/aromatic N) is 1. The molecule has 0 bridgehead atoms. The van der Waals surface area contributed by atoms with Gasteiger partial charge in [-0.2, -0.15) is 0 Å². The molecule has 3 heteroatoms. The highest BCUT2D eigenvalue weighted by atomic mass is 79.9. The van der Waals surface area contributed by atoms with Gasteiger partial charge in [0.25, 0.3) is 0 Å². The van der Waals surface area contributed by atoms with Crippen molar-refractivity contribution in [1.29, 1.82) is 0 Å². The first-order valence-electron chi connectivity index (χ1n) is 5.34. The van der Waals surface area contributed by atoms with Gasteiger partial charge in [0, 0.05) is 22.6 Å². The Labute approximate surface area is 104 Å². The molecule has 84 valence electrons. The predicted octanol–water partition coefficient (Wildman–Crippen LogP) is 3.05. The van der Waals surface area contributed by atoms with Crippen LogP contribution in [0.3, 0.4) is 0 Å². The van der Waals surface area contributed by atoms with E-state index in [-0.39, 0.29) is 0 Å². The molecule has 0 radical (unpaired) electrons. The van der Waals surface area contributed by atoms with E-state index in [1.807, 2.05) is 0 Å². The number of aromatic nitrogens is 1. The summed E-state index contributed by atoms with van der Waals surface area (Å²) in [6, 6.07) is 8.47. The van der Waals surface area contributed by atoms with Crippen molar-refractivity contribution in [2.24, 2.45) is 5.73 Å². The average Bonchev–Trinajstić information content (AvgIpc) is 2.71. The summed E-state index contributed by atoms with van der Waals surface area (Å²) in [5, 5.41) is 0. The molecule has 0 spiro atoms. The Balaban J connectivity index is 2.31. The van der Waals surface area contributed by atoms with Crippen LogP contribution in [0.1, 0.15) is 11.1 Å². The third kappa shape index (κ3) is 2.36. The zero-order chi connectivity index (χ0) is 11.5. The molecule has 1 aromatic heterocycles. The van der Waals surface area contributed by atoms with Gasteiger partial charge in [-0.25, -0.2) is 0 Å². The molecule has 1 aromatic carbocycles. The van der Waals surface area contributed by atoms with Crippen molar-refractivity contribution in [3.05, 3.63) is 52.3 Å². The average molecular weight is 279 g/mol. The zero-order valence-corrected chi connectivity index (χ0v) is 10.9. The monoisotopic (exact) mass is 278 g/mol. The molecule has 0 aliphatic heterocycles. The predicted molar refractivity (Wildman–Crippen MR) is 71.0 cm³/mol. The van der Waals surface area contributed by atoms with E-state index in [0.29, 0.717) is 6.54 Å². The maximum atomic E-state index is 5.54. The first kappa shape index (κ1) is 11.4. The Bertz CT molecular complexity index is 488. The highest BCUT2D eigenvalue weighted by molar-refractivity contribution is 9.10. The topological polar surface area (TPSA) is 30.9 Å². The molecule has 0 amide bonds. The number of halogens is 1. The van der Waals surface area contributed by atoms with Crippen molar-refractivity contribution in [1.82, 2.24) is 4.57 Å². The normalized spacial score (nSPS) is 10.7. The smallest absolute Gasteiger partial charge is 0.0460 e. The number of hydrogen-bond donors (Lipinski definition) is 1. The number of benzene rings is 1. The fourth-order valence-corrected chi connectivity index (χ4v) is 2.02. The maximum Gasteiger partial charge on any atom is 0.0460 e. The van der Waals surface area contributed by atoms with Crippen molar-refractivity contribution in [2.75, 3.05) is 6.54 Å². The number of nitrogens with two attached hydrogens (primary N) is 1. The molecule has 0 saturated carbocycles. The van der Waals surface area contributed by atoms with Crippen LogP contribution >= 0.6 is 15.9 Å². The first-order chi connectivity index (χ1) is 7.70. The third-order valence-corrected chi connectivity index (χ3v) is 3.50. The third-order valence-electron chi connectivity index (χ3n) is 2.64. The van der Waals surface area contributed by atoms with Gasteiger partial charge in [-0.05, 0) is 49.2 Å². The van der Waals surface area contributed by atoms with Gasteiger partial charge in [0.2, 0.25) is 0 Å². The maximum absolute atomic E-state index is 5.54. The summed E-state index contributed by atoms with van der Waals surface area (Å²) in [7, 11) is 0. The Morgan fingerprint density at radius 2 is 2.12 bits per heavy atom. The van der Waals surface area contributed by atoms with Crippen molar-refractivity contribution >= 4 is 15.9 Å². The summed E-state index contributed by atoms with van der Waals surface area (Å²) >= 11 is 3.55. The van der Waals surface area contributed by atoms with E-state index in [9.17, 15) is 0 Å². The van der Waals surface area contributed by atoms with E-state index >= 15 is 0 Å². The summed E-state index contributed by atoms with van der Waals surface area (Å²) in [6.45, 7) is 2.78. The van der Waals surface area contributed by atoms with Crippen LogP contribution in [0.4, 0.5) is 0 Å². The van der Waals surface area contributed by atoms with E-state index in [1.165, 1.54) is 16.8 Å². The molecule has 0 fully saturated rings. The lowest BCUT2D eigenvalue weighted by molar-refractivity contribution is 0.961. The van der Waals surface area contributed by atoms with Gasteiger partial charge in [-0.15, -0.1) is 0 Å². The molecule has 0 atom stereocenters. The molecule has 1 heterocycles. The highest BCUT2D eigenvalue weighted by Crippen LogP contribution is 2.20. The molecule has 2 aromatic rings. The lowest BCUT2D eigenvalue weighted by Gasteiger charge is -2.05. The van der Waals surface area contributed by atoms with Gasteiger partial charge < -0.3 is 10.3 Å². The summed E-state index contributed by atoms with van der Waals surface area (Å²) in [5.41, 5.74) is 9.23. The van der Waals surface area contributed by atoms with E-state index in [2.05, 4.69) is 64.1 Å². The Morgan fingerprint density at radius 3 is 2.81 bits per heavy atom. The van der Waals surface area contributed by atoms with Crippen LogP contribution in [0.25, 0.3) is 5.69 Å². The summed E-state index contributed by atoms with van der Waals surface area (Å²) < 4.78 is 3.26. The number of aryl methyl sites for hydroxylation is 1. The molecule has 0 aliphatic rings. The van der Waals surface area contributed by atoms with Crippen molar-refractivity contribution in [3.63, 3.8) is 0 Å². The lowest BCUT2D eigenvalue weighted by Crippen LogP contribution is -2.01. The lowest BCUT2D eigenvalue weighted by atomic mass is 10.2. The van der Waals surface area contributed by atoms with Gasteiger partial charge in [-0.3, -0.25) is 0 Å². The molecule has 0 unspecified atom stereocenters. The fraction of sp³-hybridized carbons (Fsp3) is 0.231. The Morgan fingerprint density at radius 1 is 1.31 bits per heavy atom. The molecular formula is C13H15BrN2. The second-order valence-electron chi connectivity index (χ2n) is 3.90. The zero-order valence-electron chi connectivity index (χ0n) is 9.28. The van der Waals surface area contributed by atoms with Gasteiger partial charge in [0.1, 0.15) is 0 Å². The Kier molecular flexibility index (Phi) is 3.46. The van der Waals surface area contributed by atoms with E-state index in [1.54, 1.807) is 0 Å². The summed E-state index contributed by atoms with van der Waals surface area (Å²) in [5.74, 6) is 0. The van der Waals surface area contributed by atoms with Crippen LogP contribution in [0, 0.1) is 6.92 Å². The van der Waals surface area contributed by atoms with E-state index in [4.69, 9.17) is 5.73 Å². The van der Waals surface area contributed by atoms with Gasteiger partial charge in [0.15, 0.2) is 0 Å². The molecule has 16 heavy (non-hydrogen) atoms. The molecule has 2 N–H and O–H groups in total. The molecule has 2 rings (SSSR count). The van der Waals surface area contributed by atoms with Crippen LogP contribution < -0.4 is 5.73 Å². The summed E-state index contributed by atoms with van der Waals surface area (Å²) in [4.78, 5) is 0. The number of hydrogen-bond acceptors (Lipinski definition) is 1. The van der Waals surface area contributed by atoms with Crippen LogP contribution in [0.15, 0.2) is 41.1 Å². The minimum absolute atomic E-state index is 0.696. The minimum Gasteiger partial charge on any atom is -0.330 e. The number of rotatable bonds is 3. The van der Waals surface area contributed by atoms with Crippen LogP contribution in [-0.2, 0) is 6.42 Å². The second-order valence-corrected chi connectivity index (χ2v) is 4.75. The van der Waals surface area contributed by atoms with Gasteiger partial charge in [-0.1, -0.05) is 22.0 Å². The largest absolute Gasteiger partial charge is 0.330 e. The fourth-order valence-electron chi connectivity index (χ4n) is 1.66. The quantitative estimate of drug-likeness (QED) is 0.919. The van der Waals surface area contributed by atoms with E-state index < -0.39 is 0 Å². The van der Waals surface area contributed by atoms with Gasteiger partial charge in [0.05, 0.1) is 0 Å². The van der Waals surface area contributed by atoms with Crippen LogP contribution in [0.2, 0.25) is 0 Å². The van der Waals surface area contributed by atoms with Crippen LogP contribution in [0.5, 0.6) is 0 Å². The van der Waals surface area contributed by atoms with Crippen LogP contribution in [-0.4, -0.2) is 11.1 Å². The molecule has 0 saturated heterocycles. The minimum atomic E-state index is 0.696. The molecule has 2 nitrogen and oxygen atoms in total. The molecule has 0 aliphatic carbocycles. The van der Waals surface area contributed by atoms with E-state index in [0.717, 1.165) is 10.9 Å².